The molecule has 0 unspecified atom stereocenters. The zero-order chi connectivity index (χ0) is 20.0. The molecule has 0 amide bonds. The first-order valence-corrected chi connectivity index (χ1v) is 9.95. The number of hydrogen-bond acceptors (Lipinski definition) is 4. The highest BCUT2D eigenvalue weighted by atomic mass is 79.9. The standard InChI is InChI=1S/C18H15BrFNO5S/c19-14-4-7-16(20)13(11-14)3-8-17(22)12-1-5-15(6-2-12)27(25,26)21-10-9-18(23)24/h1-8,11,21H,9-10H2,(H,23,24)/b8-3+. The predicted molar refractivity (Wildman–Crippen MR) is 101 cm³/mol. The van der Waals surface area contributed by atoms with Crippen LogP contribution in [-0.2, 0) is 14.8 Å². The molecule has 0 aliphatic carbocycles. The Labute approximate surface area is 163 Å². The second-order valence-electron chi connectivity index (χ2n) is 5.43. The molecular formula is C18H15BrFNO5S. The highest BCUT2D eigenvalue weighted by molar-refractivity contribution is 9.10. The van der Waals surface area contributed by atoms with Crippen LogP contribution in [0.1, 0.15) is 22.3 Å². The number of nitrogens with one attached hydrogen (secondary N) is 1. The van der Waals surface area contributed by atoms with Crippen LogP contribution in [0.4, 0.5) is 4.39 Å². The average molecular weight is 456 g/mol. The number of benzene rings is 2. The topological polar surface area (TPSA) is 101 Å². The Morgan fingerprint density at radius 2 is 1.81 bits per heavy atom. The molecule has 0 aliphatic heterocycles. The molecule has 0 atom stereocenters. The Balaban J connectivity index is 2.10. The number of carbonyl (C=O) groups is 2. The Morgan fingerprint density at radius 3 is 2.44 bits per heavy atom. The van der Waals surface area contributed by atoms with Crippen LogP contribution in [-0.4, -0.2) is 31.8 Å². The summed E-state index contributed by atoms with van der Waals surface area (Å²) in [7, 11) is -3.86. The molecule has 0 aliphatic rings. The summed E-state index contributed by atoms with van der Waals surface area (Å²) in [5.74, 6) is -2.01. The van der Waals surface area contributed by atoms with Crippen molar-refractivity contribution in [1.29, 1.82) is 0 Å². The van der Waals surface area contributed by atoms with Gasteiger partial charge < -0.3 is 5.11 Å². The van der Waals surface area contributed by atoms with E-state index in [0.717, 1.165) is 0 Å². The number of sulfonamides is 1. The number of carboxylic acids is 1. The third kappa shape index (κ3) is 6.09. The minimum atomic E-state index is -3.86. The largest absolute Gasteiger partial charge is 0.481 e. The molecule has 0 saturated heterocycles. The molecule has 0 aromatic heterocycles. The summed E-state index contributed by atoms with van der Waals surface area (Å²) in [6.45, 7) is -0.237. The number of rotatable bonds is 8. The summed E-state index contributed by atoms with van der Waals surface area (Å²) in [5.41, 5.74) is 0.464. The molecule has 27 heavy (non-hydrogen) atoms. The van der Waals surface area contributed by atoms with Gasteiger partial charge in [-0.05, 0) is 54.6 Å². The summed E-state index contributed by atoms with van der Waals surface area (Å²) in [5, 5.41) is 8.54. The van der Waals surface area contributed by atoms with Crippen molar-refractivity contribution in [1.82, 2.24) is 4.72 Å². The average Bonchev–Trinajstić information content (AvgIpc) is 2.62. The number of ketones is 1. The fourth-order valence-corrected chi connectivity index (χ4v) is 3.49. The van der Waals surface area contributed by atoms with Gasteiger partial charge in [0.1, 0.15) is 5.82 Å². The smallest absolute Gasteiger partial charge is 0.304 e. The van der Waals surface area contributed by atoms with E-state index in [-0.39, 0.29) is 29.0 Å². The SMILES string of the molecule is O=C(O)CCNS(=O)(=O)c1ccc(C(=O)/C=C/c2cc(Br)ccc2F)cc1. The minimum Gasteiger partial charge on any atom is -0.481 e. The van der Waals surface area contributed by atoms with Crippen molar-refractivity contribution < 1.29 is 27.5 Å². The van der Waals surface area contributed by atoms with Gasteiger partial charge in [0.05, 0.1) is 11.3 Å². The van der Waals surface area contributed by atoms with Crippen molar-refractivity contribution >= 4 is 43.8 Å². The lowest BCUT2D eigenvalue weighted by Gasteiger charge is -2.06. The van der Waals surface area contributed by atoms with E-state index >= 15 is 0 Å². The van der Waals surface area contributed by atoms with Crippen LogP contribution in [0.2, 0.25) is 0 Å². The van der Waals surface area contributed by atoms with Crippen LogP contribution >= 0.6 is 15.9 Å². The monoisotopic (exact) mass is 455 g/mol. The first-order chi connectivity index (χ1) is 12.7. The maximum Gasteiger partial charge on any atom is 0.304 e. The molecule has 6 nitrogen and oxygen atoms in total. The predicted octanol–water partition coefficient (Wildman–Crippen LogP) is 3.24. The summed E-state index contributed by atoms with van der Waals surface area (Å²) < 4.78 is 40.5. The van der Waals surface area contributed by atoms with Gasteiger partial charge in [0.2, 0.25) is 10.0 Å². The van der Waals surface area contributed by atoms with Crippen LogP contribution in [0.5, 0.6) is 0 Å². The maximum absolute atomic E-state index is 13.7. The van der Waals surface area contributed by atoms with Crippen molar-refractivity contribution in [2.24, 2.45) is 0 Å². The molecule has 0 heterocycles. The lowest BCUT2D eigenvalue weighted by atomic mass is 10.1. The Kier molecular flexibility index (Phi) is 7.00. The zero-order valence-corrected chi connectivity index (χ0v) is 16.3. The summed E-state index contributed by atoms with van der Waals surface area (Å²) in [6.07, 6.45) is 2.19. The van der Waals surface area contributed by atoms with Gasteiger partial charge >= 0.3 is 5.97 Å². The first kappa shape index (κ1) is 20.9. The maximum atomic E-state index is 13.7. The molecule has 0 fully saturated rings. The van der Waals surface area contributed by atoms with Crippen LogP contribution in [0, 0.1) is 5.82 Å². The van der Waals surface area contributed by atoms with E-state index in [4.69, 9.17) is 5.11 Å². The van der Waals surface area contributed by atoms with E-state index in [1.807, 2.05) is 0 Å². The lowest BCUT2D eigenvalue weighted by molar-refractivity contribution is -0.136. The number of aliphatic carboxylic acids is 1. The van der Waals surface area contributed by atoms with E-state index in [9.17, 15) is 22.4 Å². The van der Waals surface area contributed by atoms with Crippen LogP contribution in [0.3, 0.4) is 0 Å². The van der Waals surface area contributed by atoms with E-state index in [0.29, 0.717) is 4.47 Å². The minimum absolute atomic E-state index is 0.0912. The number of allylic oxidation sites excluding steroid dienone is 1. The highest BCUT2D eigenvalue weighted by Crippen LogP contribution is 2.17. The fraction of sp³-hybridized carbons (Fsp3) is 0.111. The third-order valence-corrected chi connectivity index (χ3v) is 5.42. The van der Waals surface area contributed by atoms with Gasteiger partial charge in [0, 0.05) is 22.1 Å². The Hall–Kier alpha value is -2.36. The second kappa shape index (κ2) is 9.03. The van der Waals surface area contributed by atoms with E-state index in [1.54, 1.807) is 0 Å². The van der Waals surface area contributed by atoms with Crippen molar-refractivity contribution in [3.63, 3.8) is 0 Å². The molecule has 2 aromatic carbocycles. The number of carbonyl (C=O) groups excluding carboxylic acids is 1. The summed E-state index contributed by atoms with van der Waals surface area (Å²) in [4.78, 5) is 22.5. The zero-order valence-electron chi connectivity index (χ0n) is 13.9. The van der Waals surface area contributed by atoms with Crippen molar-refractivity contribution in [3.05, 3.63) is 70.0 Å². The molecule has 2 rings (SSSR count). The van der Waals surface area contributed by atoms with Crippen molar-refractivity contribution in [2.45, 2.75) is 11.3 Å². The summed E-state index contributed by atoms with van der Waals surface area (Å²) in [6, 6.07) is 9.47. The van der Waals surface area contributed by atoms with Gasteiger partial charge in [-0.15, -0.1) is 0 Å². The van der Waals surface area contributed by atoms with E-state index in [2.05, 4.69) is 20.7 Å². The molecular weight excluding hydrogens is 441 g/mol. The quantitative estimate of drug-likeness (QED) is 0.469. The molecule has 0 bridgehead atoms. The van der Waals surface area contributed by atoms with Gasteiger partial charge in [0.15, 0.2) is 5.78 Å². The second-order valence-corrected chi connectivity index (χ2v) is 8.11. The van der Waals surface area contributed by atoms with Crippen molar-refractivity contribution in [3.8, 4) is 0 Å². The molecule has 0 spiro atoms. The van der Waals surface area contributed by atoms with Gasteiger partial charge in [-0.3, -0.25) is 9.59 Å². The van der Waals surface area contributed by atoms with Crippen LogP contribution in [0.15, 0.2) is 57.9 Å². The normalized spacial score (nSPS) is 11.6. The molecule has 0 radical (unpaired) electrons. The molecule has 2 N–H and O–H groups in total. The van der Waals surface area contributed by atoms with E-state index < -0.39 is 27.6 Å². The number of carboxylic acid groups (broad SMARTS) is 1. The summed E-state index contributed by atoms with van der Waals surface area (Å²) >= 11 is 3.22. The Morgan fingerprint density at radius 1 is 1.15 bits per heavy atom. The number of halogens is 2. The first-order valence-electron chi connectivity index (χ1n) is 7.68. The van der Waals surface area contributed by atoms with Crippen LogP contribution in [0.25, 0.3) is 6.08 Å². The molecule has 9 heteroatoms. The third-order valence-electron chi connectivity index (χ3n) is 3.45. The molecule has 142 valence electrons. The lowest BCUT2D eigenvalue weighted by Crippen LogP contribution is -2.26. The van der Waals surface area contributed by atoms with E-state index in [1.165, 1.54) is 54.6 Å². The van der Waals surface area contributed by atoms with Gasteiger partial charge in [-0.25, -0.2) is 17.5 Å². The van der Waals surface area contributed by atoms with Gasteiger partial charge in [0.25, 0.3) is 0 Å². The van der Waals surface area contributed by atoms with Crippen molar-refractivity contribution in [2.75, 3.05) is 6.54 Å². The van der Waals surface area contributed by atoms with Gasteiger partial charge in [-0.2, -0.15) is 0 Å². The van der Waals surface area contributed by atoms with Crippen LogP contribution < -0.4 is 4.72 Å². The Bertz CT molecular complexity index is 987. The highest BCUT2D eigenvalue weighted by Gasteiger charge is 2.14. The fourth-order valence-electron chi connectivity index (χ4n) is 2.08. The van der Waals surface area contributed by atoms with Gasteiger partial charge in [-0.1, -0.05) is 15.9 Å². The molecule has 0 saturated carbocycles. The molecule has 2 aromatic rings. The number of hydrogen-bond donors (Lipinski definition) is 2.